The highest BCUT2D eigenvalue weighted by Gasteiger charge is 2.09. The van der Waals surface area contributed by atoms with Crippen molar-refractivity contribution in [1.29, 1.82) is 0 Å². The van der Waals surface area contributed by atoms with E-state index < -0.39 is 0 Å². The average Bonchev–Trinajstić information content (AvgIpc) is 3.17. The number of rotatable bonds is 6. The van der Waals surface area contributed by atoms with Gasteiger partial charge in [0.2, 0.25) is 0 Å². The number of amides is 1. The predicted molar refractivity (Wildman–Crippen MR) is 94.9 cm³/mol. The van der Waals surface area contributed by atoms with Gasteiger partial charge in [-0.15, -0.1) is 22.7 Å². The number of aryl methyl sites for hydroxylation is 1. The molecule has 4 nitrogen and oxygen atoms in total. The summed E-state index contributed by atoms with van der Waals surface area (Å²) < 4.78 is 5.42. The first-order valence-electron chi connectivity index (χ1n) is 7.14. The second-order valence-corrected chi connectivity index (χ2v) is 7.12. The van der Waals surface area contributed by atoms with Gasteiger partial charge < -0.3 is 4.74 Å². The first-order chi connectivity index (χ1) is 11.2. The lowest BCUT2D eigenvalue weighted by atomic mass is 10.2. The van der Waals surface area contributed by atoms with E-state index in [4.69, 9.17) is 4.74 Å². The van der Waals surface area contributed by atoms with Gasteiger partial charge in [-0.1, -0.05) is 30.3 Å². The Balaban J connectivity index is 1.49. The monoisotopic (exact) mass is 344 g/mol. The van der Waals surface area contributed by atoms with Crippen LogP contribution in [0.4, 0.5) is 5.13 Å². The molecule has 1 N–H and O–H groups in total. The Morgan fingerprint density at radius 1 is 1.22 bits per heavy atom. The topological polar surface area (TPSA) is 51.2 Å². The van der Waals surface area contributed by atoms with E-state index in [1.54, 1.807) is 11.3 Å². The second kappa shape index (κ2) is 7.50. The van der Waals surface area contributed by atoms with Crippen molar-refractivity contribution in [3.8, 4) is 10.6 Å². The fourth-order valence-electron chi connectivity index (χ4n) is 2.01. The Morgan fingerprint density at radius 2 is 2.04 bits per heavy atom. The van der Waals surface area contributed by atoms with Crippen molar-refractivity contribution in [3.63, 3.8) is 0 Å². The van der Waals surface area contributed by atoms with Gasteiger partial charge in [0.15, 0.2) is 5.13 Å². The summed E-state index contributed by atoms with van der Waals surface area (Å²) in [7, 11) is 0. The molecule has 0 saturated heterocycles. The fourth-order valence-corrected chi connectivity index (χ4v) is 3.64. The first-order valence-corrected chi connectivity index (χ1v) is 8.84. The maximum absolute atomic E-state index is 11.9. The van der Waals surface area contributed by atoms with Crippen molar-refractivity contribution in [2.75, 3.05) is 11.9 Å². The van der Waals surface area contributed by atoms with Crippen LogP contribution in [-0.4, -0.2) is 17.5 Å². The Morgan fingerprint density at radius 3 is 2.78 bits per heavy atom. The van der Waals surface area contributed by atoms with E-state index in [9.17, 15) is 4.79 Å². The summed E-state index contributed by atoms with van der Waals surface area (Å²) in [6.45, 7) is 2.50. The summed E-state index contributed by atoms with van der Waals surface area (Å²) in [4.78, 5) is 18.7. The van der Waals surface area contributed by atoms with Crippen molar-refractivity contribution >= 4 is 33.7 Å². The average molecular weight is 344 g/mol. The Kier molecular flexibility index (Phi) is 5.17. The van der Waals surface area contributed by atoms with E-state index in [1.807, 2.05) is 41.8 Å². The summed E-state index contributed by atoms with van der Waals surface area (Å²) >= 11 is 3.11. The van der Waals surface area contributed by atoms with Crippen molar-refractivity contribution in [2.45, 2.75) is 13.5 Å². The number of thiazole rings is 1. The van der Waals surface area contributed by atoms with Crippen LogP contribution >= 0.6 is 22.7 Å². The van der Waals surface area contributed by atoms with Gasteiger partial charge in [0.1, 0.15) is 6.61 Å². The number of ether oxygens (including phenoxy) is 1. The largest absolute Gasteiger partial charge is 0.367 e. The zero-order valence-corrected chi connectivity index (χ0v) is 14.2. The zero-order chi connectivity index (χ0) is 16.1. The van der Waals surface area contributed by atoms with E-state index in [-0.39, 0.29) is 12.5 Å². The van der Waals surface area contributed by atoms with E-state index in [2.05, 4.69) is 23.3 Å². The van der Waals surface area contributed by atoms with Crippen molar-refractivity contribution in [2.24, 2.45) is 0 Å². The quantitative estimate of drug-likeness (QED) is 0.724. The molecule has 0 radical (unpaired) electrons. The number of aromatic nitrogens is 1. The van der Waals surface area contributed by atoms with E-state index in [0.29, 0.717) is 11.7 Å². The molecule has 0 spiro atoms. The maximum Gasteiger partial charge on any atom is 0.252 e. The molecule has 1 amide bonds. The lowest BCUT2D eigenvalue weighted by Gasteiger charge is -2.04. The number of carbonyl (C=O) groups excluding carboxylic acids is 1. The van der Waals surface area contributed by atoms with Crippen LogP contribution in [0.3, 0.4) is 0 Å². The number of nitrogens with zero attached hydrogens (tertiary/aromatic N) is 1. The molecule has 0 bridgehead atoms. The van der Waals surface area contributed by atoms with Crippen molar-refractivity contribution < 1.29 is 9.53 Å². The first kappa shape index (κ1) is 15.9. The third-order valence-corrected chi connectivity index (χ3v) is 4.87. The van der Waals surface area contributed by atoms with E-state index >= 15 is 0 Å². The molecule has 0 aliphatic heterocycles. The summed E-state index contributed by atoms with van der Waals surface area (Å²) in [5.74, 6) is -0.191. The molecule has 6 heteroatoms. The van der Waals surface area contributed by atoms with Crippen LogP contribution in [0.25, 0.3) is 10.6 Å². The molecule has 0 aliphatic rings. The van der Waals surface area contributed by atoms with Gasteiger partial charge in [-0.3, -0.25) is 10.1 Å². The molecule has 1 aromatic carbocycles. The lowest BCUT2D eigenvalue weighted by Crippen LogP contribution is -2.18. The van der Waals surface area contributed by atoms with Crippen molar-refractivity contribution in [3.05, 3.63) is 58.3 Å². The van der Waals surface area contributed by atoms with Crippen LogP contribution in [0, 0.1) is 6.92 Å². The summed E-state index contributed by atoms with van der Waals surface area (Å²) in [5, 5.41) is 5.32. The standard InChI is InChI=1S/C17H16N2O2S2/c1-12-7-8-15(23-12)14-11-22-17(18-14)19-16(20)10-21-9-13-5-3-2-4-6-13/h2-8,11H,9-10H2,1H3,(H,18,19,20). The van der Waals surface area contributed by atoms with Crippen LogP contribution < -0.4 is 5.32 Å². The molecule has 0 saturated carbocycles. The maximum atomic E-state index is 11.9. The Hall–Kier alpha value is -2.02. The molecule has 0 unspecified atom stereocenters. The minimum atomic E-state index is -0.191. The molecule has 2 heterocycles. The van der Waals surface area contributed by atoms with Gasteiger partial charge in [-0.05, 0) is 24.6 Å². The smallest absolute Gasteiger partial charge is 0.252 e. The molecule has 118 valence electrons. The molecule has 0 aliphatic carbocycles. The predicted octanol–water partition coefficient (Wildman–Crippen LogP) is 4.34. The van der Waals surface area contributed by atoms with Crippen LogP contribution in [0.2, 0.25) is 0 Å². The lowest BCUT2D eigenvalue weighted by molar-refractivity contribution is -0.121. The van der Waals surface area contributed by atoms with Gasteiger partial charge in [-0.25, -0.2) is 4.98 Å². The van der Waals surface area contributed by atoms with Gasteiger partial charge in [0.25, 0.3) is 5.91 Å². The SMILES string of the molecule is Cc1ccc(-c2csc(NC(=O)COCc3ccccc3)n2)s1. The van der Waals surface area contributed by atoms with Gasteiger partial charge in [0.05, 0.1) is 17.2 Å². The highest BCUT2D eigenvalue weighted by Crippen LogP contribution is 2.30. The number of hydrogen-bond donors (Lipinski definition) is 1. The normalized spacial score (nSPS) is 10.7. The molecule has 2 aromatic heterocycles. The number of thiophene rings is 1. The molecular formula is C17H16N2O2S2. The van der Waals surface area contributed by atoms with Crippen LogP contribution in [0.15, 0.2) is 47.8 Å². The highest BCUT2D eigenvalue weighted by molar-refractivity contribution is 7.17. The second-order valence-electron chi connectivity index (χ2n) is 4.97. The minimum Gasteiger partial charge on any atom is -0.367 e. The molecule has 3 rings (SSSR count). The molecule has 3 aromatic rings. The van der Waals surface area contributed by atoms with Crippen LogP contribution in [0.1, 0.15) is 10.4 Å². The third-order valence-electron chi connectivity index (χ3n) is 3.09. The van der Waals surface area contributed by atoms with E-state index in [1.165, 1.54) is 16.2 Å². The number of hydrogen-bond acceptors (Lipinski definition) is 5. The number of carbonyl (C=O) groups is 1. The highest BCUT2D eigenvalue weighted by atomic mass is 32.1. The number of anilines is 1. The van der Waals surface area contributed by atoms with Gasteiger partial charge in [-0.2, -0.15) is 0 Å². The Bertz CT molecular complexity index is 781. The third kappa shape index (κ3) is 4.48. The van der Waals surface area contributed by atoms with Crippen molar-refractivity contribution in [1.82, 2.24) is 4.98 Å². The molecule has 0 fully saturated rings. The Labute approximate surface area is 142 Å². The minimum absolute atomic E-state index is 0.0158. The molecular weight excluding hydrogens is 328 g/mol. The van der Waals surface area contributed by atoms with Crippen LogP contribution in [-0.2, 0) is 16.1 Å². The number of benzene rings is 1. The van der Waals surface area contributed by atoms with Crippen LogP contribution in [0.5, 0.6) is 0 Å². The summed E-state index contributed by atoms with van der Waals surface area (Å²) in [6.07, 6.45) is 0. The fraction of sp³-hybridized carbons (Fsp3) is 0.176. The van der Waals surface area contributed by atoms with Gasteiger partial charge in [0, 0.05) is 10.3 Å². The summed E-state index contributed by atoms with van der Waals surface area (Å²) in [5.41, 5.74) is 1.94. The number of nitrogens with one attached hydrogen (secondary N) is 1. The molecule has 23 heavy (non-hydrogen) atoms. The van der Waals surface area contributed by atoms with E-state index in [0.717, 1.165) is 16.1 Å². The zero-order valence-electron chi connectivity index (χ0n) is 12.6. The van der Waals surface area contributed by atoms with Gasteiger partial charge >= 0.3 is 0 Å². The summed E-state index contributed by atoms with van der Waals surface area (Å²) in [6, 6.07) is 13.9. The molecule has 0 atom stereocenters.